The maximum atomic E-state index is 12.3. The number of benzene rings is 1. The molecule has 2 unspecified atom stereocenters. The van der Waals surface area contributed by atoms with Gasteiger partial charge in [-0.25, -0.2) is 5.01 Å². The van der Waals surface area contributed by atoms with Gasteiger partial charge in [-0.3, -0.25) is 10.2 Å². The number of carbonyl (C=O) groups is 1. The van der Waals surface area contributed by atoms with E-state index in [9.17, 15) is 4.79 Å². The van der Waals surface area contributed by atoms with E-state index < -0.39 is 0 Å². The van der Waals surface area contributed by atoms with Gasteiger partial charge in [0.25, 0.3) is 5.91 Å². The molecule has 1 aromatic carbocycles. The fourth-order valence-electron chi connectivity index (χ4n) is 2.54. The number of hydrogen-bond acceptors (Lipinski definition) is 3. The molecule has 1 saturated heterocycles. The standard InChI is InChI=1S/C14H20BrN3O/c1-9-4-3-5-10(2)18(9)17-14(19)12-8-11(15)6-7-13(12)16/h6-10H,3-5,16H2,1-2H3,(H,17,19). The molecule has 1 aromatic rings. The van der Waals surface area contributed by atoms with Crippen molar-refractivity contribution in [3.63, 3.8) is 0 Å². The van der Waals surface area contributed by atoms with Crippen LogP contribution in [0.1, 0.15) is 43.5 Å². The fourth-order valence-corrected chi connectivity index (χ4v) is 2.91. The molecule has 0 radical (unpaired) electrons. The Balaban J connectivity index is 2.14. The number of rotatable bonds is 2. The Labute approximate surface area is 122 Å². The van der Waals surface area contributed by atoms with Crippen molar-refractivity contribution in [2.75, 3.05) is 5.73 Å². The van der Waals surface area contributed by atoms with Crippen LogP contribution in [0.4, 0.5) is 5.69 Å². The second-order valence-electron chi connectivity index (χ2n) is 5.21. The van der Waals surface area contributed by atoms with Crippen LogP contribution in [-0.4, -0.2) is 23.0 Å². The summed E-state index contributed by atoms with van der Waals surface area (Å²) in [6.07, 6.45) is 3.44. The van der Waals surface area contributed by atoms with Crippen LogP contribution in [0.2, 0.25) is 0 Å². The highest BCUT2D eigenvalue weighted by molar-refractivity contribution is 9.10. The molecule has 0 bridgehead atoms. The number of nitrogens with zero attached hydrogens (tertiary/aromatic N) is 1. The Bertz CT molecular complexity index is 468. The quantitative estimate of drug-likeness (QED) is 0.822. The number of carbonyl (C=O) groups excluding carboxylic acids is 1. The minimum atomic E-state index is -0.139. The van der Waals surface area contributed by atoms with Gasteiger partial charge in [-0.05, 0) is 44.9 Å². The Morgan fingerprint density at radius 1 is 1.37 bits per heavy atom. The van der Waals surface area contributed by atoms with Crippen molar-refractivity contribution >= 4 is 27.5 Å². The van der Waals surface area contributed by atoms with Gasteiger partial charge >= 0.3 is 0 Å². The van der Waals surface area contributed by atoms with Crippen LogP contribution < -0.4 is 11.2 Å². The molecule has 19 heavy (non-hydrogen) atoms. The van der Waals surface area contributed by atoms with Crippen LogP contribution in [0.25, 0.3) is 0 Å². The first-order chi connectivity index (χ1) is 8.99. The van der Waals surface area contributed by atoms with Crippen molar-refractivity contribution in [1.82, 2.24) is 10.4 Å². The van der Waals surface area contributed by atoms with E-state index in [1.165, 1.54) is 6.42 Å². The minimum Gasteiger partial charge on any atom is -0.398 e. The van der Waals surface area contributed by atoms with E-state index in [0.29, 0.717) is 23.3 Å². The van der Waals surface area contributed by atoms with Crippen LogP contribution in [0, 0.1) is 0 Å². The van der Waals surface area contributed by atoms with Gasteiger partial charge in [0.05, 0.1) is 5.56 Å². The zero-order chi connectivity index (χ0) is 14.0. The van der Waals surface area contributed by atoms with Crippen molar-refractivity contribution in [3.8, 4) is 0 Å². The largest absolute Gasteiger partial charge is 0.398 e. The van der Waals surface area contributed by atoms with E-state index in [0.717, 1.165) is 17.3 Å². The van der Waals surface area contributed by atoms with Crippen molar-refractivity contribution in [2.45, 2.75) is 45.2 Å². The lowest BCUT2D eigenvalue weighted by atomic mass is 10.00. The topological polar surface area (TPSA) is 58.4 Å². The summed E-state index contributed by atoms with van der Waals surface area (Å²) < 4.78 is 0.853. The summed E-state index contributed by atoms with van der Waals surface area (Å²) in [5, 5.41) is 2.05. The molecule has 104 valence electrons. The maximum Gasteiger partial charge on any atom is 0.267 e. The van der Waals surface area contributed by atoms with Gasteiger partial charge in [0, 0.05) is 22.2 Å². The number of halogens is 1. The highest BCUT2D eigenvalue weighted by Crippen LogP contribution is 2.22. The first-order valence-electron chi connectivity index (χ1n) is 6.63. The number of nitrogens with two attached hydrogens (primary N) is 1. The van der Waals surface area contributed by atoms with E-state index in [1.54, 1.807) is 12.1 Å². The van der Waals surface area contributed by atoms with Gasteiger partial charge in [0.15, 0.2) is 0 Å². The summed E-state index contributed by atoms with van der Waals surface area (Å²) >= 11 is 3.36. The lowest BCUT2D eigenvalue weighted by molar-refractivity contribution is 0.0370. The predicted molar refractivity (Wildman–Crippen MR) is 80.6 cm³/mol. The predicted octanol–water partition coefficient (Wildman–Crippen LogP) is 2.94. The molecule has 0 saturated carbocycles. The van der Waals surface area contributed by atoms with E-state index >= 15 is 0 Å². The number of hydrazine groups is 1. The average molecular weight is 326 g/mol. The van der Waals surface area contributed by atoms with Gasteiger partial charge in [-0.1, -0.05) is 22.4 Å². The molecule has 0 spiro atoms. The third-order valence-corrected chi connectivity index (χ3v) is 4.18. The highest BCUT2D eigenvalue weighted by atomic mass is 79.9. The van der Waals surface area contributed by atoms with E-state index in [1.807, 2.05) is 11.1 Å². The summed E-state index contributed by atoms with van der Waals surface area (Å²) in [5.41, 5.74) is 9.87. The molecule has 2 rings (SSSR count). The highest BCUT2D eigenvalue weighted by Gasteiger charge is 2.26. The number of anilines is 1. The van der Waals surface area contributed by atoms with Crippen LogP contribution >= 0.6 is 15.9 Å². The Morgan fingerprint density at radius 2 is 2.00 bits per heavy atom. The number of amides is 1. The van der Waals surface area contributed by atoms with Crippen molar-refractivity contribution in [2.24, 2.45) is 0 Å². The van der Waals surface area contributed by atoms with Gasteiger partial charge in [0.1, 0.15) is 0 Å². The first-order valence-corrected chi connectivity index (χ1v) is 7.42. The molecule has 1 amide bonds. The zero-order valence-corrected chi connectivity index (χ0v) is 12.9. The number of hydrogen-bond donors (Lipinski definition) is 2. The minimum absolute atomic E-state index is 0.139. The molecule has 2 atom stereocenters. The SMILES string of the molecule is CC1CCCC(C)N1NC(=O)c1cc(Br)ccc1N. The molecule has 4 nitrogen and oxygen atoms in total. The smallest absolute Gasteiger partial charge is 0.267 e. The number of nitrogens with one attached hydrogen (secondary N) is 1. The van der Waals surface area contributed by atoms with E-state index in [4.69, 9.17) is 5.73 Å². The van der Waals surface area contributed by atoms with Gasteiger partial charge in [0.2, 0.25) is 0 Å². The van der Waals surface area contributed by atoms with Crippen LogP contribution in [0.3, 0.4) is 0 Å². The van der Waals surface area contributed by atoms with E-state index in [-0.39, 0.29) is 5.91 Å². The van der Waals surface area contributed by atoms with Crippen molar-refractivity contribution < 1.29 is 4.79 Å². The molecule has 1 heterocycles. The average Bonchev–Trinajstić information content (AvgIpc) is 2.37. The molecule has 1 aliphatic rings. The third-order valence-electron chi connectivity index (χ3n) is 3.68. The molecule has 1 aliphatic heterocycles. The monoisotopic (exact) mass is 325 g/mol. The van der Waals surface area contributed by atoms with Gasteiger partial charge in [-0.2, -0.15) is 0 Å². The normalized spacial score (nSPS) is 24.2. The van der Waals surface area contributed by atoms with Gasteiger partial charge < -0.3 is 5.73 Å². The van der Waals surface area contributed by atoms with Crippen molar-refractivity contribution in [3.05, 3.63) is 28.2 Å². The van der Waals surface area contributed by atoms with Crippen molar-refractivity contribution in [1.29, 1.82) is 0 Å². The Hall–Kier alpha value is -1.07. The summed E-state index contributed by atoms with van der Waals surface area (Å²) in [6.45, 7) is 4.28. The first kappa shape index (κ1) is 14.3. The molecule has 0 aliphatic carbocycles. The van der Waals surface area contributed by atoms with E-state index in [2.05, 4.69) is 35.2 Å². The Kier molecular flexibility index (Phi) is 4.47. The summed E-state index contributed by atoms with van der Waals surface area (Å²) in [7, 11) is 0. The second-order valence-corrected chi connectivity index (χ2v) is 6.12. The molecule has 1 fully saturated rings. The fraction of sp³-hybridized carbons (Fsp3) is 0.500. The Morgan fingerprint density at radius 3 is 2.63 bits per heavy atom. The maximum absolute atomic E-state index is 12.3. The second kappa shape index (κ2) is 5.92. The molecule has 5 heteroatoms. The lowest BCUT2D eigenvalue weighted by Gasteiger charge is -2.38. The van der Waals surface area contributed by atoms with Crippen LogP contribution in [-0.2, 0) is 0 Å². The lowest BCUT2D eigenvalue weighted by Crippen LogP contribution is -2.54. The molecule has 0 aromatic heterocycles. The van der Waals surface area contributed by atoms with Gasteiger partial charge in [-0.15, -0.1) is 0 Å². The third kappa shape index (κ3) is 3.28. The van der Waals surface area contributed by atoms with Crippen LogP contribution in [0.15, 0.2) is 22.7 Å². The molecular formula is C14H20BrN3O. The molecular weight excluding hydrogens is 306 g/mol. The zero-order valence-electron chi connectivity index (χ0n) is 11.3. The summed E-state index contributed by atoms with van der Waals surface area (Å²) in [6, 6.07) is 6.05. The molecule has 3 N–H and O–H groups in total. The number of nitrogen functional groups attached to an aromatic ring is 1. The van der Waals surface area contributed by atoms with Crippen LogP contribution in [0.5, 0.6) is 0 Å². The summed E-state index contributed by atoms with van der Waals surface area (Å²) in [5.74, 6) is -0.139. The number of piperidine rings is 1. The summed E-state index contributed by atoms with van der Waals surface area (Å²) in [4.78, 5) is 12.3.